The second-order valence-electron chi connectivity index (χ2n) is 4.54. The summed E-state index contributed by atoms with van der Waals surface area (Å²) in [5.41, 5.74) is 0.450. The highest BCUT2D eigenvalue weighted by Gasteiger charge is 2.20. The number of aromatic nitrogens is 1. The Morgan fingerprint density at radius 2 is 1.86 bits per heavy atom. The molecule has 1 aromatic heterocycles. The van der Waals surface area contributed by atoms with Crippen molar-refractivity contribution < 1.29 is 14.7 Å². The van der Waals surface area contributed by atoms with E-state index in [2.05, 4.69) is 10.3 Å². The van der Waals surface area contributed by atoms with E-state index in [1.54, 1.807) is 36.5 Å². The third-order valence-electron chi connectivity index (χ3n) is 2.93. The van der Waals surface area contributed by atoms with E-state index in [-0.39, 0.29) is 5.91 Å². The molecular weight excluding hydrogens is 300 g/mol. The van der Waals surface area contributed by atoms with Crippen molar-refractivity contribution >= 4 is 23.6 Å². The Morgan fingerprint density at radius 1 is 1.14 bits per heavy atom. The fourth-order valence-electron chi connectivity index (χ4n) is 1.80. The van der Waals surface area contributed by atoms with Crippen LogP contribution < -0.4 is 5.32 Å². The number of rotatable bonds is 7. The molecule has 0 unspecified atom stereocenters. The predicted molar refractivity (Wildman–Crippen MR) is 84.9 cm³/mol. The molecule has 22 heavy (non-hydrogen) atoms. The average Bonchev–Trinajstić information content (AvgIpc) is 2.55. The van der Waals surface area contributed by atoms with Gasteiger partial charge in [-0.2, -0.15) is 0 Å². The van der Waals surface area contributed by atoms with Crippen LogP contribution in [0.4, 0.5) is 0 Å². The molecule has 0 aliphatic rings. The molecule has 0 radical (unpaired) electrons. The van der Waals surface area contributed by atoms with Gasteiger partial charge >= 0.3 is 5.97 Å². The minimum absolute atomic E-state index is 0.329. The van der Waals surface area contributed by atoms with E-state index in [0.29, 0.717) is 17.7 Å². The second kappa shape index (κ2) is 8.19. The molecule has 0 aliphatic carbocycles. The summed E-state index contributed by atoms with van der Waals surface area (Å²) in [5, 5.41) is 12.6. The fourth-order valence-corrected chi connectivity index (χ4v) is 2.68. The largest absolute Gasteiger partial charge is 0.480 e. The van der Waals surface area contributed by atoms with Gasteiger partial charge in [0.15, 0.2) is 0 Å². The van der Waals surface area contributed by atoms with Crippen molar-refractivity contribution in [3.63, 3.8) is 0 Å². The predicted octanol–water partition coefficient (Wildman–Crippen LogP) is 2.45. The SMILES string of the molecule is O=C(N[C@@H](CCSc1ccccn1)C(=O)O)c1ccccc1. The summed E-state index contributed by atoms with van der Waals surface area (Å²) >= 11 is 1.46. The van der Waals surface area contributed by atoms with Crippen LogP contribution in [0.1, 0.15) is 16.8 Å². The topological polar surface area (TPSA) is 79.3 Å². The number of carbonyl (C=O) groups is 2. The maximum absolute atomic E-state index is 12.0. The van der Waals surface area contributed by atoms with Gasteiger partial charge < -0.3 is 10.4 Å². The van der Waals surface area contributed by atoms with E-state index in [0.717, 1.165) is 5.03 Å². The zero-order valence-corrected chi connectivity index (χ0v) is 12.6. The fraction of sp³-hybridized carbons (Fsp3) is 0.188. The Balaban J connectivity index is 1.87. The standard InChI is InChI=1S/C16H16N2O3S/c19-15(12-6-2-1-3-7-12)18-13(16(20)21)9-11-22-14-8-4-5-10-17-14/h1-8,10,13H,9,11H2,(H,18,19)(H,20,21)/t13-/m0/s1. The van der Waals surface area contributed by atoms with Crippen molar-refractivity contribution in [1.29, 1.82) is 0 Å². The van der Waals surface area contributed by atoms with Crippen molar-refractivity contribution in [1.82, 2.24) is 10.3 Å². The summed E-state index contributed by atoms with van der Waals surface area (Å²) < 4.78 is 0. The Labute approximate surface area is 132 Å². The van der Waals surface area contributed by atoms with Crippen molar-refractivity contribution in [3.8, 4) is 0 Å². The van der Waals surface area contributed by atoms with E-state index >= 15 is 0 Å². The lowest BCUT2D eigenvalue weighted by Gasteiger charge is -2.14. The van der Waals surface area contributed by atoms with E-state index in [9.17, 15) is 14.7 Å². The number of carboxylic acid groups (broad SMARTS) is 1. The Hall–Kier alpha value is -2.34. The van der Waals surface area contributed by atoms with Crippen molar-refractivity contribution in [3.05, 3.63) is 60.3 Å². The molecule has 0 bridgehead atoms. The van der Waals surface area contributed by atoms with Gasteiger partial charge in [0.2, 0.25) is 0 Å². The molecule has 0 spiro atoms. The molecule has 0 fully saturated rings. The number of nitrogens with one attached hydrogen (secondary N) is 1. The monoisotopic (exact) mass is 316 g/mol. The number of benzene rings is 1. The zero-order chi connectivity index (χ0) is 15.8. The smallest absolute Gasteiger partial charge is 0.326 e. The molecule has 1 aromatic carbocycles. The average molecular weight is 316 g/mol. The molecule has 6 heteroatoms. The number of pyridine rings is 1. The molecule has 5 nitrogen and oxygen atoms in total. The number of aliphatic carboxylic acids is 1. The lowest BCUT2D eigenvalue weighted by Crippen LogP contribution is -2.41. The van der Waals surface area contributed by atoms with E-state index in [4.69, 9.17) is 0 Å². The molecule has 114 valence electrons. The first-order valence-corrected chi connectivity index (χ1v) is 7.78. The number of hydrogen-bond acceptors (Lipinski definition) is 4. The van der Waals surface area contributed by atoms with Crippen LogP contribution in [0, 0.1) is 0 Å². The summed E-state index contributed by atoms with van der Waals surface area (Å²) in [4.78, 5) is 27.4. The van der Waals surface area contributed by atoms with E-state index in [1.165, 1.54) is 11.8 Å². The number of hydrogen-bond donors (Lipinski definition) is 2. The van der Waals surface area contributed by atoms with Gasteiger partial charge in [-0.05, 0) is 30.7 Å². The molecule has 1 atom stereocenters. The summed E-state index contributed by atoms with van der Waals surface area (Å²) in [6.45, 7) is 0. The van der Waals surface area contributed by atoms with Gasteiger partial charge in [-0.25, -0.2) is 9.78 Å². The maximum Gasteiger partial charge on any atom is 0.326 e. The maximum atomic E-state index is 12.0. The molecule has 0 saturated carbocycles. The lowest BCUT2D eigenvalue weighted by molar-refractivity contribution is -0.139. The quantitative estimate of drug-likeness (QED) is 0.767. The molecular formula is C16H16N2O3S. The van der Waals surface area contributed by atoms with Crippen LogP contribution in [0.3, 0.4) is 0 Å². The summed E-state index contributed by atoms with van der Waals surface area (Å²) in [6.07, 6.45) is 2.02. The van der Waals surface area contributed by atoms with Crippen molar-refractivity contribution in [2.45, 2.75) is 17.5 Å². The molecule has 1 amide bonds. The number of amides is 1. The van der Waals surface area contributed by atoms with Crippen LogP contribution in [0.5, 0.6) is 0 Å². The van der Waals surface area contributed by atoms with Gasteiger partial charge in [0.05, 0.1) is 5.03 Å². The molecule has 2 aromatic rings. The minimum Gasteiger partial charge on any atom is -0.480 e. The summed E-state index contributed by atoms with van der Waals surface area (Å²) in [6, 6.07) is 13.2. The Bertz CT molecular complexity index is 620. The number of thioether (sulfide) groups is 1. The van der Waals surface area contributed by atoms with Crippen LogP contribution in [0.2, 0.25) is 0 Å². The van der Waals surface area contributed by atoms with Gasteiger partial charge in [-0.15, -0.1) is 11.8 Å². The van der Waals surface area contributed by atoms with Crippen molar-refractivity contribution in [2.75, 3.05) is 5.75 Å². The molecule has 0 saturated heterocycles. The number of carbonyl (C=O) groups excluding carboxylic acids is 1. The molecule has 2 N–H and O–H groups in total. The molecule has 2 rings (SSSR count). The van der Waals surface area contributed by atoms with E-state index in [1.807, 2.05) is 18.2 Å². The van der Waals surface area contributed by atoms with Gasteiger partial charge in [0, 0.05) is 17.5 Å². The lowest BCUT2D eigenvalue weighted by atomic mass is 10.1. The Kier molecular flexibility index (Phi) is 5.97. The number of carboxylic acids is 1. The van der Waals surface area contributed by atoms with Crippen LogP contribution in [-0.4, -0.2) is 33.8 Å². The normalized spacial score (nSPS) is 11.6. The highest BCUT2D eigenvalue weighted by atomic mass is 32.2. The van der Waals surface area contributed by atoms with Crippen molar-refractivity contribution in [2.24, 2.45) is 0 Å². The van der Waals surface area contributed by atoms with Crippen LogP contribution >= 0.6 is 11.8 Å². The third kappa shape index (κ3) is 4.89. The minimum atomic E-state index is -1.04. The van der Waals surface area contributed by atoms with Gasteiger partial charge in [0.1, 0.15) is 6.04 Å². The van der Waals surface area contributed by atoms with Gasteiger partial charge in [-0.3, -0.25) is 4.79 Å². The molecule has 0 aliphatic heterocycles. The highest BCUT2D eigenvalue weighted by molar-refractivity contribution is 7.99. The van der Waals surface area contributed by atoms with Gasteiger partial charge in [0.25, 0.3) is 5.91 Å². The van der Waals surface area contributed by atoms with Crippen LogP contribution in [-0.2, 0) is 4.79 Å². The van der Waals surface area contributed by atoms with E-state index < -0.39 is 12.0 Å². The van der Waals surface area contributed by atoms with Crippen LogP contribution in [0.25, 0.3) is 0 Å². The number of nitrogens with zero attached hydrogens (tertiary/aromatic N) is 1. The Morgan fingerprint density at radius 3 is 2.50 bits per heavy atom. The summed E-state index contributed by atoms with van der Waals surface area (Å²) in [7, 11) is 0. The first kappa shape index (κ1) is 16.0. The van der Waals surface area contributed by atoms with Gasteiger partial charge in [-0.1, -0.05) is 24.3 Å². The zero-order valence-electron chi connectivity index (χ0n) is 11.8. The highest BCUT2D eigenvalue weighted by Crippen LogP contribution is 2.16. The summed E-state index contributed by atoms with van der Waals surface area (Å²) in [5.74, 6) is -0.856. The second-order valence-corrected chi connectivity index (χ2v) is 5.65. The molecule has 1 heterocycles. The van der Waals surface area contributed by atoms with Crippen LogP contribution in [0.15, 0.2) is 59.8 Å². The first-order valence-electron chi connectivity index (χ1n) is 6.79. The first-order chi connectivity index (χ1) is 10.7. The third-order valence-corrected chi connectivity index (χ3v) is 3.91.